The summed E-state index contributed by atoms with van der Waals surface area (Å²) in [6.45, 7) is 1.70. The molecule has 3 aromatic rings. The van der Waals surface area contributed by atoms with Crippen molar-refractivity contribution in [2.45, 2.75) is 12.5 Å². The average Bonchev–Trinajstić information content (AvgIpc) is 3.15. The molecule has 1 amide bonds. The molecule has 5 nitrogen and oxygen atoms in total. The maximum absolute atomic E-state index is 12.2. The molecule has 1 N–H and O–H groups in total. The van der Waals surface area contributed by atoms with E-state index >= 15 is 0 Å². The van der Waals surface area contributed by atoms with Crippen LogP contribution in [0, 0.1) is 0 Å². The maximum atomic E-state index is 12.2. The Labute approximate surface area is 152 Å². The highest BCUT2D eigenvalue weighted by atomic mass is 16.5. The Morgan fingerprint density at radius 1 is 1.12 bits per heavy atom. The van der Waals surface area contributed by atoms with Gasteiger partial charge in [-0.1, -0.05) is 36.4 Å². The summed E-state index contributed by atoms with van der Waals surface area (Å²) in [4.78, 5) is 18.8. The summed E-state index contributed by atoms with van der Waals surface area (Å²) in [5, 5.41) is 5.31. The van der Waals surface area contributed by atoms with Crippen molar-refractivity contribution in [2.24, 2.45) is 0 Å². The normalized spacial score (nSPS) is 16.6. The molecule has 2 heterocycles. The van der Waals surface area contributed by atoms with Gasteiger partial charge in [0.25, 0.3) is 5.91 Å². The lowest BCUT2D eigenvalue weighted by molar-refractivity contribution is -0.123. The van der Waals surface area contributed by atoms with Crippen LogP contribution in [0.1, 0.15) is 6.42 Å². The number of nitrogens with zero attached hydrogens (tertiary/aromatic N) is 2. The number of hydrogen-bond acceptors (Lipinski definition) is 4. The van der Waals surface area contributed by atoms with Gasteiger partial charge in [0, 0.05) is 25.3 Å². The fourth-order valence-electron chi connectivity index (χ4n) is 3.30. The molecule has 1 atom stereocenters. The first-order chi connectivity index (χ1) is 12.8. The second-order valence-corrected chi connectivity index (χ2v) is 6.48. The van der Waals surface area contributed by atoms with Crippen LogP contribution >= 0.6 is 0 Å². The highest BCUT2D eigenvalue weighted by Gasteiger charge is 2.24. The van der Waals surface area contributed by atoms with Crippen molar-refractivity contribution >= 4 is 22.5 Å². The molecule has 1 fully saturated rings. The van der Waals surface area contributed by atoms with Crippen LogP contribution in [0.3, 0.4) is 0 Å². The summed E-state index contributed by atoms with van der Waals surface area (Å²) in [5.41, 5.74) is 0. The summed E-state index contributed by atoms with van der Waals surface area (Å²) in [6.07, 6.45) is 2.71. The molecule has 1 saturated heterocycles. The second kappa shape index (κ2) is 7.44. The topological polar surface area (TPSA) is 54.5 Å². The van der Waals surface area contributed by atoms with Crippen molar-refractivity contribution < 1.29 is 9.53 Å². The number of rotatable bonds is 5. The smallest absolute Gasteiger partial charge is 0.258 e. The van der Waals surface area contributed by atoms with Gasteiger partial charge in [-0.3, -0.25) is 4.79 Å². The molecule has 0 bridgehead atoms. The minimum Gasteiger partial charge on any atom is -0.484 e. The minimum absolute atomic E-state index is 0.0262. The Kier molecular flexibility index (Phi) is 4.69. The van der Waals surface area contributed by atoms with Gasteiger partial charge in [-0.2, -0.15) is 0 Å². The summed E-state index contributed by atoms with van der Waals surface area (Å²) in [5.74, 6) is 1.57. The molecule has 1 aliphatic heterocycles. The molecule has 2 aromatic carbocycles. The van der Waals surface area contributed by atoms with Crippen molar-refractivity contribution in [2.75, 3.05) is 24.6 Å². The molecular weight excluding hydrogens is 326 g/mol. The van der Waals surface area contributed by atoms with E-state index < -0.39 is 0 Å². The van der Waals surface area contributed by atoms with E-state index in [0.717, 1.165) is 36.1 Å². The van der Waals surface area contributed by atoms with Gasteiger partial charge in [-0.25, -0.2) is 4.98 Å². The quantitative estimate of drug-likeness (QED) is 0.771. The molecule has 1 unspecified atom stereocenters. The zero-order valence-electron chi connectivity index (χ0n) is 14.5. The van der Waals surface area contributed by atoms with Gasteiger partial charge in [0.2, 0.25) is 0 Å². The average molecular weight is 347 g/mol. The predicted octanol–water partition coefficient (Wildman–Crippen LogP) is 3.01. The zero-order chi connectivity index (χ0) is 17.8. The molecule has 132 valence electrons. The van der Waals surface area contributed by atoms with Gasteiger partial charge in [-0.15, -0.1) is 0 Å². The summed E-state index contributed by atoms with van der Waals surface area (Å²) in [6, 6.07) is 20.0. The number of fused-ring (bicyclic) bond motifs is 1. The standard InChI is InChI=1S/C21H21N3O2/c25-21(15-26-19-9-8-16-5-1-2-6-17(16)13-19)23-18-10-12-24(14-18)20-7-3-4-11-22-20/h1-9,11,13,18H,10,12,14-15H2,(H,23,25). The van der Waals surface area contributed by atoms with Crippen LogP contribution in [-0.4, -0.2) is 36.6 Å². The number of amides is 1. The summed E-state index contributed by atoms with van der Waals surface area (Å²) >= 11 is 0. The number of carbonyl (C=O) groups is 1. The zero-order valence-corrected chi connectivity index (χ0v) is 14.5. The fraction of sp³-hybridized carbons (Fsp3) is 0.238. The van der Waals surface area contributed by atoms with Crippen molar-refractivity contribution in [3.8, 4) is 5.75 Å². The van der Waals surface area contributed by atoms with Crippen molar-refractivity contribution in [1.82, 2.24) is 10.3 Å². The van der Waals surface area contributed by atoms with Crippen LogP contribution in [0.15, 0.2) is 66.9 Å². The number of hydrogen-bond donors (Lipinski definition) is 1. The third-order valence-electron chi connectivity index (χ3n) is 4.62. The van der Waals surface area contributed by atoms with E-state index in [1.165, 1.54) is 0 Å². The van der Waals surface area contributed by atoms with E-state index in [1.807, 2.05) is 54.6 Å². The highest BCUT2D eigenvalue weighted by molar-refractivity contribution is 5.84. The van der Waals surface area contributed by atoms with Gasteiger partial charge < -0.3 is 15.0 Å². The number of aromatic nitrogens is 1. The fourth-order valence-corrected chi connectivity index (χ4v) is 3.30. The highest BCUT2D eigenvalue weighted by Crippen LogP contribution is 2.21. The van der Waals surface area contributed by atoms with Gasteiger partial charge in [0.05, 0.1) is 0 Å². The first-order valence-electron chi connectivity index (χ1n) is 8.85. The molecule has 4 rings (SSSR count). The van der Waals surface area contributed by atoms with E-state index in [4.69, 9.17) is 4.74 Å². The van der Waals surface area contributed by atoms with Crippen LogP contribution in [0.2, 0.25) is 0 Å². The predicted molar refractivity (Wildman–Crippen MR) is 102 cm³/mol. The molecule has 0 saturated carbocycles. The van der Waals surface area contributed by atoms with Crippen molar-refractivity contribution in [3.05, 3.63) is 66.9 Å². The number of pyridine rings is 1. The Hall–Kier alpha value is -3.08. The van der Waals surface area contributed by atoms with Gasteiger partial charge in [-0.05, 0) is 41.5 Å². The number of anilines is 1. The number of carbonyl (C=O) groups excluding carboxylic acids is 1. The van der Waals surface area contributed by atoms with Gasteiger partial charge in [0.15, 0.2) is 6.61 Å². The van der Waals surface area contributed by atoms with E-state index in [-0.39, 0.29) is 18.6 Å². The maximum Gasteiger partial charge on any atom is 0.258 e. The van der Waals surface area contributed by atoms with Crippen LogP contribution in [0.4, 0.5) is 5.82 Å². The Bertz CT molecular complexity index is 898. The first kappa shape index (κ1) is 16.4. The SMILES string of the molecule is O=C(COc1ccc2ccccc2c1)NC1CCN(c2ccccn2)C1. The molecule has 26 heavy (non-hydrogen) atoms. The molecular formula is C21H21N3O2. The van der Waals surface area contributed by atoms with Gasteiger partial charge in [0.1, 0.15) is 11.6 Å². The monoisotopic (exact) mass is 347 g/mol. The molecule has 0 aliphatic carbocycles. The number of ether oxygens (including phenoxy) is 1. The first-order valence-corrected chi connectivity index (χ1v) is 8.85. The largest absolute Gasteiger partial charge is 0.484 e. The van der Waals surface area contributed by atoms with Crippen LogP contribution in [-0.2, 0) is 4.79 Å². The Morgan fingerprint density at radius 2 is 1.96 bits per heavy atom. The number of benzene rings is 2. The molecule has 1 aromatic heterocycles. The summed E-state index contributed by atoms with van der Waals surface area (Å²) in [7, 11) is 0. The lowest BCUT2D eigenvalue weighted by Gasteiger charge is -2.17. The molecule has 5 heteroatoms. The van der Waals surface area contributed by atoms with Crippen LogP contribution in [0.25, 0.3) is 10.8 Å². The van der Waals surface area contributed by atoms with E-state index in [2.05, 4.69) is 21.3 Å². The van der Waals surface area contributed by atoms with Crippen molar-refractivity contribution in [3.63, 3.8) is 0 Å². The Balaban J connectivity index is 1.29. The lowest BCUT2D eigenvalue weighted by Crippen LogP contribution is -2.39. The van der Waals surface area contributed by atoms with E-state index in [9.17, 15) is 4.79 Å². The third kappa shape index (κ3) is 3.77. The summed E-state index contributed by atoms with van der Waals surface area (Å²) < 4.78 is 5.66. The third-order valence-corrected chi connectivity index (χ3v) is 4.62. The Morgan fingerprint density at radius 3 is 2.81 bits per heavy atom. The van der Waals surface area contributed by atoms with Gasteiger partial charge >= 0.3 is 0 Å². The van der Waals surface area contributed by atoms with E-state index in [1.54, 1.807) is 6.20 Å². The molecule has 1 aliphatic rings. The minimum atomic E-state index is -0.0916. The van der Waals surface area contributed by atoms with Crippen LogP contribution < -0.4 is 15.0 Å². The van der Waals surface area contributed by atoms with E-state index in [0.29, 0.717) is 5.75 Å². The lowest BCUT2D eigenvalue weighted by atomic mass is 10.1. The number of nitrogens with one attached hydrogen (secondary N) is 1. The second-order valence-electron chi connectivity index (χ2n) is 6.48. The van der Waals surface area contributed by atoms with Crippen LogP contribution in [0.5, 0.6) is 5.75 Å². The molecule has 0 spiro atoms. The van der Waals surface area contributed by atoms with Crippen molar-refractivity contribution in [1.29, 1.82) is 0 Å². The molecule has 0 radical (unpaired) electrons.